The minimum atomic E-state index is -0.425. The number of rotatable bonds is 6. The standard InChI is InChI=1S/C17H34N2O2S/c1-7-19(15(20)21-16(2,3)4)11-8-10-18-14-13-22-12-9-17(14,5)6/h14,18H,7-13H2,1-6H3. The molecule has 1 heterocycles. The molecule has 0 spiro atoms. The first-order valence-electron chi connectivity index (χ1n) is 8.45. The Morgan fingerprint density at radius 2 is 2.09 bits per heavy atom. The minimum absolute atomic E-state index is 0.205. The van der Waals surface area contributed by atoms with Gasteiger partial charge in [0.05, 0.1) is 0 Å². The monoisotopic (exact) mass is 330 g/mol. The third kappa shape index (κ3) is 6.78. The second kappa shape index (κ2) is 8.44. The Labute approximate surface area is 140 Å². The van der Waals surface area contributed by atoms with Crippen LogP contribution < -0.4 is 5.32 Å². The van der Waals surface area contributed by atoms with Crippen molar-refractivity contribution < 1.29 is 9.53 Å². The van der Waals surface area contributed by atoms with Crippen LogP contribution in [-0.4, -0.2) is 53.8 Å². The lowest BCUT2D eigenvalue weighted by atomic mass is 9.82. The first kappa shape index (κ1) is 19.6. The number of carbonyl (C=O) groups excluding carboxylic acids is 1. The summed E-state index contributed by atoms with van der Waals surface area (Å²) in [5, 5.41) is 3.68. The number of nitrogens with zero attached hydrogens (tertiary/aromatic N) is 1. The van der Waals surface area contributed by atoms with Crippen LogP contribution in [0.3, 0.4) is 0 Å². The lowest BCUT2D eigenvalue weighted by Crippen LogP contribution is -2.47. The van der Waals surface area contributed by atoms with Gasteiger partial charge in [0.2, 0.25) is 0 Å². The Balaban J connectivity index is 2.31. The Hall–Kier alpha value is -0.420. The summed E-state index contributed by atoms with van der Waals surface area (Å²) in [5.74, 6) is 2.46. The summed E-state index contributed by atoms with van der Waals surface area (Å²) in [7, 11) is 0. The summed E-state index contributed by atoms with van der Waals surface area (Å²) in [6.45, 7) is 14.8. The van der Waals surface area contributed by atoms with Crippen LogP contribution in [0, 0.1) is 5.41 Å². The maximum absolute atomic E-state index is 12.1. The van der Waals surface area contributed by atoms with E-state index in [2.05, 4.69) is 19.2 Å². The van der Waals surface area contributed by atoms with E-state index in [0.29, 0.717) is 18.0 Å². The highest BCUT2D eigenvalue weighted by Gasteiger charge is 2.31. The molecular formula is C17H34N2O2S. The number of thioether (sulfide) groups is 1. The molecule has 5 heteroatoms. The van der Waals surface area contributed by atoms with E-state index in [4.69, 9.17) is 4.74 Å². The van der Waals surface area contributed by atoms with E-state index in [-0.39, 0.29) is 6.09 Å². The van der Waals surface area contributed by atoms with Crippen LogP contribution in [-0.2, 0) is 4.74 Å². The SMILES string of the molecule is CCN(CCCNC1CSCCC1(C)C)C(=O)OC(C)(C)C. The van der Waals surface area contributed by atoms with Crippen LogP contribution in [0.15, 0.2) is 0 Å². The van der Waals surface area contributed by atoms with Crippen molar-refractivity contribution in [3.8, 4) is 0 Å². The van der Waals surface area contributed by atoms with Gasteiger partial charge in [-0.2, -0.15) is 11.8 Å². The van der Waals surface area contributed by atoms with Gasteiger partial charge in [-0.3, -0.25) is 0 Å². The fourth-order valence-corrected chi connectivity index (χ4v) is 4.16. The van der Waals surface area contributed by atoms with E-state index in [0.717, 1.165) is 19.5 Å². The molecule has 1 atom stereocenters. The summed E-state index contributed by atoms with van der Waals surface area (Å²) in [6.07, 6.45) is 2.03. The number of carbonyl (C=O) groups is 1. The van der Waals surface area contributed by atoms with E-state index in [9.17, 15) is 4.79 Å². The number of nitrogens with one attached hydrogen (secondary N) is 1. The van der Waals surface area contributed by atoms with E-state index in [1.165, 1.54) is 17.9 Å². The average molecular weight is 331 g/mol. The van der Waals surface area contributed by atoms with Crippen molar-refractivity contribution in [1.29, 1.82) is 0 Å². The summed E-state index contributed by atoms with van der Waals surface area (Å²) in [5.41, 5.74) is -0.0487. The summed E-state index contributed by atoms with van der Waals surface area (Å²) in [4.78, 5) is 13.9. The molecule has 1 saturated heterocycles. The Morgan fingerprint density at radius 1 is 1.41 bits per heavy atom. The van der Waals surface area contributed by atoms with Gasteiger partial charge in [0.25, 0.3) is 0 Å². The average Bonchev–Trinajstić information content (AvgIpc) is 2.38. The minimum Gasteiger partial charge on any atom is -0.444 e. The fraction of sp³-hybridized carbons (Fsp3) is 0.941. The molecule has 4 nitrogen and oxygen atoms in total. The van der Waals surface area contributed by atoms with Crippen LogP contribution in [0.25, 0.3) is 0 Å². The lowest BCUT2D eigenvalue weighted by molar-refractivity contribution is 0.0257. The van der Waals surface area contributed by atoms with E-state index < -0.39 is 5.60 Å². The number of amides is 1. The maximum Gasteiger partial charge on any atom is 0.410 e. The van der Waals surface area contributed by atoms with Gasteiger partial charge >= 0.3 is 6.09 Å². The highest BCUT2D eigenvalue weighted by atomic mass is 32.2. The summed E-state index contributed by atoms with van der Waals surface area (Å²) < 4.78 is 5.43. The quantitative estimate of drug-likeness (QED) is 0.753. The van der Waals surface area contributed by atoms with Gasteiger partial charge in [0, 0.05) is 24.9 Å². The molecule has 0 aromatic carbocycles. The molecule has 0 aromatic rings. The zero-order valence-corrected chi connectivity index (χ0v) is 16.0. The van der Waals surface area contributed by atoms with Gasteiger partial charge in [0.1, 0.15) is 5.60 Å². The van der Waals surface area contributed by atoms with E-state index in [1.807, 2.05) is 39.5 Å². The van der Waals surface area contributed by atoms with Gasteiger partial charge in [0.15, 0.2) is 0 Å². The second-order valence-corrected chi connectivity index (χ2v) is 8.88. The third-order valence-electron chi connectivity index (χ3n) is 4.15. The zero-order valence-electron chi connectivity index (χ0n) is 15.2. The predicted molar refractivity (Wildman–Crippen MR) is 95.6 cm³/mol. The molecule has 0 bridgehead atoms. The van der Waals surface area contributed by atoms with Crippen molar-refractivity contribution in [3.63, 3.8) is 0 Å². The highest BCUT2D eigenvalue weighted by Crippen LogP contribution is 2.34. The molecule has 0 aromatic heterocycles. The molecule has 0 saturated carbocycles. The molecule has 1 aliphatic rings. The van der Waals surface area contributed by atoms with Gasteiger partial charge < -0.3 is 15.0 Å². The molecule has 1 aliphatic heterocycles. The molecule has 1 fully saturated rings. The van der Waals surface area contributed by atoms with Crippen LogP contribution in [0.2, 0.25) is 0 Å². The summed E-state index contributed by atoms with van der Waals surface area (Å²) >= 11 is 2.04. The molecule has 130 valence electrons. The maximum atomic E-state index is 12.1. The van der Waals surface area contributed by atoms with Gasteiger partial charge in [-0.1, -0.05) is 13.8 Å². The van der Waals surface area contributed by atoms with Crippen molar-refractivity contribution >= 4 is 17.9 Å². The van der Waals surface area contributed by atoms with Crippen LogP contribution in [0.5, 0.6) is 0 Å². The molecule has 1 N–H and O–H groups in total. The van der Waals surface area contributed by atoms with Crippen molar-refractivity contribution in [1.82, 2.24) is 10.2 Å². The smallest absolute Gasteiger partial charge is 0.410 e. The van der Waals surface area contributed by atoms with Gasteiger partial charge in [-0.15, -0.1) is 0 Å². The number of hydrogen-bond acceptors (Lipinski definition) is 4. The molecular weight excluding hydrogens is 296 g/mol. The largest absolute Gasteiger partial charge is 0.444 e. The normalized spacial score (nSPS) is 21.5. The third-order valence-corrected chi connectivity index (χ3v) is 5.21. The predicted octanol–water partition coefficient (Wildman–Crippen LogP) is 3.75. The number of hydrogen-bond donors (Lipinski definition) is 1. The Bertz CT molecular complexity index is 353. The van der Waals surface area contributed by atoms with Crippen molar-refractivity contribution in [2.75, 3.05) is 31.1 Å². The van der Waals surface area contributed by atoms with Gasteiger partial charge in [-0.25, -0.2) is 4.79 Å². The molecule has 1 rings (SSSR count). The van der Waals surface area contributed by atoms with Crippen LogP contribution >= 0.6 is 11.8 Å². The molecule has 1 amide bonds. The fourth-order valence-electron chi connectivity index (χ4n) is 2.52. The molecule has 1 unspecified atom stereocenters. The molecule has 0 radical (unpaired) electrons. The van der Waals surface area contributed by atoms with Crippen molar-refractivity contribution in [3.05, 3.63) is 0 Å². The van der Waals surface area contributed by atoms with Crippen LogP contribution in [0.1, 0.15) is 54.4 Å². The molecule has 0 aliphatic carbocycles. The van der Waals surface area contributed by atoms with Crippen LogP contribution in [0.4, 0.5) is 4.79 Å². The summed E-state index contributed by atoms with van der Waals surface area (Å²) in [6, 6.07) is 0.572. The number of ether oxygens (including phenoxy) is 1. The van der Waals surface area contributed by atoms with Gasteiger partial charge in [-0.05, 0) is 58.2 Å². The Kier molecular flexibility index (Phi) is 7.53. The molecule has 22 heavy (non-hydrogen) atoms. The topological polar surface area (TPSA) is 41.6 Å². The second-order valence-electron chi connectivity index (χ2n) is 7.73. The van der Waals surface area contributed by atoms with Crippen molar-refractivity contribution in [2.24, 2.45) is 5.41 Å². The van der Waals surface area contributed by atoms with E-state index >= 15 is 0 Å². The zero-order chi connectivity index (χ0) is 16.8. The van der Waals surface area contributed by atoms with Crippen molar-refractivity contribution in [2.45, 2.75) is 66.0 Å². The first-order valence-corrected chi connectivity index (χ1v) is 9.60. The Morgan fingerprint density at radius 3 is 2.64 bits per heavy atom. The first-order chi connectivity index (χ1) is 10.2. The lowest BCUT2D eigenvalue weighted by Gasteiger charge is -2.39. The highest BCUT2D eigenvalue weighted by molar-refractivity contribution is 7.99. The van der Waals surface area contributed by atoms with E-state index in [1.54, 1.807) is 4.90 Å².